The Morgan fingerprint density at radius 2 is 1.07 bits per heavy atom. The minimum atomic E-state index is -0.886. The molecule has 0 aromatic heterocycles. The molecular weight excluding hydrogens is 656 g/mol. The van der Waals surface area contributed by atoms with Crippen LogP contribution < -0.4 is 9.47 Å². The third-order valence-electron chi connectivity index (χ3n) is 5.49. The predicted molar refractivity (Wildman–Crippen MR) is 149 cm³/mol. The number of hydrogen-bond donors (Lipinski definition) is 0. The first-order valence-corrected chi connectivity index (χ1v) is 13.6. The van der Waals surface area contributed by atoms with Gasteiger partial charge in [0.25, 0.3) is 0 Å². The molecule has 0 saturated heterocycles. The van der Waals surface area contributed by atoms with Gasteiger partial charge in [-0.05, 0) is 49.2 Å². The molecule has 0 aliphatic rings. The Bertz CT molecular complexity index is 1190. The van der Waals surface area contributed by atoms with Crippen molar-refractivity contribution in [3.63, 3.8) is 0 Å². The molecule has 0 fully saturated rings. The zero-order chi connectivity index (χ0) is 29.7. The fraction of sp³-hybridized carbons (Fsp3) is 0.286. The van der Waals surface area contributed by atoms with Crippen molar-refractivity contribution in [3.8, 4) is 11.5 Å². The van der Waals surface area contributed by atoms with Crippen molar-refractivity contribution in [2.75, 3.05) is 13.2 Å². The third kappa shape index (κ3) is 10.2. The van der Waals surface area contributed by atoms with Gasteiger partial charge in [-0.15, -0.1) is 0 Å². The van der Waals surface area contributed by atoms with Gasteiger partial charge in [-0.3, -0.25) is 19.2 Å². The van der Waals surface area contributed by atoms with Crippen LogP contribution in [0.15, 0.2) is 57.5 Å². The Hall–Kier alpha value is -3.64. The normalized spacial score (nSPS) is 12.2. The molecule has 0 aliphatic heterocycles. The van der Waals surface area contributed by atoms with Crippen LogP contribution in [0.3, 0.4) is 0 Å². The molecule has 0 aliphatic carbocycles. The minimum absolute atomic E-state index is 0.166. The number of carbonyl (C=O) groups is 6. The highest BCUT2D eigenvalue weighted by atomic mass is 79.9. The van der Waals surface area contributed by atoms with Crippen LogP contribution in [0.4, 0.5) is 0 Å². The number of aldehydes is 2. The van der Waals surface area contributed by atoms with Crippen LogP contribution in [0.1, 0.15) is 47.4 Å². The molecule has 12 heteroatoms. The lowest BCUT2D eigenvalue weighted by molar-refractivity contribution is -0.149. The molecule has 2 aromatic rings. The SMILES string of the molecule is CCC(COC(=O)/C=C/C(=O)OCC(CC)C(=O)Oc1ccc(Br)c(C=O)c1)C(=O)Oc1ccc(Br)c(C=O)c1. The molecule has 0 saturated carbocycles. The van der Waals surface area contributed by atoms with Crippen molar-refractivity contribution in [2.24, 2.45) is 11.8 Å². The molecule has 0 bridgehead atoms. The van der Waals surface area contributed by atoms with Gasteiger partial charge >= 0.3 is 23.9 Å². The third-order valence-corrected chi connectivity index (χ3v) is 6.93. The molecule has 10 nitrogen and oxygen atoms in total. The second kappa shape index (κ2) is 16.5. The van der Waals surface area contributed by atoms with E-state index in [-0.39, 0.29) is 24.7 Å². The number of esters is 4. The molecule has 2 unspecified atom stereocenters. The maximum Gasteiger partial charge on any atom is 0.331 e. The number of rotatable bonds is 14. The molecule has 0 spiro atoms. The fourth-order valence-electron chi connectivity index (χ4n) is 3.05. The molecule has 212 valence electrons. The molecular formula is C28H26Br2O10. The molecule has 0 radical (unpaired) electrons. The van der Waals surface area contributed by atoms with Crippen molar-refractivity contribution in [2.45, 2.75) is 26.7 Å². The number of benzene rings is 2. The highest BCUT2D eigenvalue weighted by Crippen LogP contribution is 2.23. The Kier molecular flexibility index (Phi) is 13.4. The maximum absolute atomic E-state index is 12.4. The first kappa shape index (κ1) is 32.6. The summed E-state index contributed by atoms with van der Waals surface area (Å²) >= 11 is 6.42. The lowest BCUT2D eigenvalue weighted by atomic mass is 10.1. The summed E-state index contributed by atoms with van der Waals surface area (Å²) in [6, 6.07) is 8.94. The minimum Gasteiger partial charge on any atom is -0.462 e. The molecule has 2 atom stereocenters. The van der Waals surface area contributed by atoms with Gasteiger partial charge in [0.05, 0.1) is 11.8 Å². The summed E-state index contributed by atoms with van der Waals surface area (Å²) in [5, 5.41) is 0. The lowest BCUT2D eigenvalue weighted by Gasteiger charge is -2.14. The van der Waals surface area contributed by atoms with Gasteiger partial charge in [-0.1, -0.05) is 45.7 Å². The van der Waals surface area contributed by atoms with Gasteiger partial charge in [0.15, 0.2) is 12.6 Å². The van der Waals surface area contributed by atoms with E-state index in [1.807, 2.05) is 0 Å². The first-order valence-electron chi connectivity index (χ1n) is 12.1. The summed E-state index contributed by atoms with van der Waals surface area (Å²) < 4.78 is 21.7. The van der Waals surface area contributed by atoms with Crippen molar-refractivity contribution in [3.05, 3.63) is 68.6 Å². The van der Waals surface area contributed by atoms with Crippen LogP contribution >= 0.6 is 31.9 Å². The molecule has 0 amide bonds. The Balaban J connectivity index is 1.82. The summed E-state index contributed by atoms with van der Waals surface area (Å²) in [6.07, 6.45) is 3.52. The summed E-state index contributed by atoms with van der Waals surface area (Å²) in [5.41, 5.74) is 0.614. The summed E-state index contributed by atoms with van der Waals surface area (Å²) in [4.78, 5) is 71.1. The second-order valence-electron chi connectivity index (χ2n) is 8.25. The van der Waals surface area contributed by atoms with E-state index in [4.69, 9.17) is 18.9 Å². The predicted octanol–water partition coefficient (Wildman–Crippen LogP) is 5.04. The van der Waals surface area contributed by atoms with E-state index in [2.05, 4.69) is 31.9 Å². The van der Waals surface area contributed by atoms with Gasteiger partial charge in [0.2, 0.25) is 0 Å². The quantitative estimate of drug-likeness (QED) is 0.115. The van der Waals surface area contributed by atoms with Gasteiger partial charge in [-0.25, -0.2) is 9.59 Å². The van der Waals surface area contributed by atoms with Crippen LogP contribution in [0.25, 0.3) is 0 Å². The van der Waals surface area contributed by atoms with Crippen LogP contribution in [-0.4, -0.2) is 49.7 Å². The molecule has 0 N–H and O–H groups in total. The van der Waals surface area contributed by atoms with E-state index in [0.29, 0.717) is 45.5 Å². The topological polar surface area (TPSA) is 139 Å². The molecule has 0 heterocycles. The summed E-state index contributed by atoms with van der Waals surface area (Å²) in [6.45, 7) is 2.82. The average Bonchev–Trinajstić information content (AvgIpc) is 2.94. The Morgan fingerprint density at radius 1 is 0.700 bits per heavy atom. The number of ether oxygens (including phenoxy) is 4. The zero-order valence-corrected chi connectivity index (χ0v) is 24.8. The number of carbonyl (C=O) groups excluding carboxylic acids is 6. The second-order valence-corrected chi connectivity index (χ2v) is 9.96. The van der Waals surface area contributed by atoms with Crippen LogP contribution in [0, 0.1) is 11.8 Å². The van der Waals surface area contributed by atoms with E-state index in [0.717, 1.165) is 12.2 Å². The van der Waals surface area contributed by atoms with E-state index < -0.39 is 35.7 Å². The zero-order valence-electron chi connectivity index (χ0n) is 21.6. The van der Waals surface area contributed by atoms with E-state index in [1.165, 1.54) is 24.3 Å². The van der Waals surface area contributed by atoms with Gasteiger partial charge in [0.1, 0.15) is 24.7 Å². The highest BCUT2D eigenvalue weighted by molar-refractivity contribution is 9.10. The smallest absolute Gasteiger partial charge is 0.331 e. The van der Waals surface area contributed by atoms with Crippen molar-refractivity contribution < 1.29 is 47.7 Å². The Labute approximate surface area is 247 Å². The maximum atomic E-state index is 12.4. The van der Waals surface area contributed by atoms with Crippen LogP contribution in [-0.2, 0) is 28.7 Å². The highest BCUT2D eigenvalue weighted by Gasteiger charge is 2.22. The monoisotopic (exact) mass is 680 g/mol. The number of hydrogen-bond acceptors (Lipinski definition) is 10. The Morgan fingerprint density at radius 3 is 1.40 bits per heavy atom. The standard InChI is InChI=1S/C28H26Br2O10/c1-3-17(27(35)39-21-5-7-23(29)19(11-21)13-31)15-37-25(33)9-10-26(34)38-16-18(4-2)28(36)40-22-6-8-24(30)20(12-22)14-32/h5-14,17-18H,3-4,15-16H2,1-2H3/b10-9+. The van der Waals surface area contributed by atoms with Gasteiger partial charge < -0.3 is 18.9 Å². The van der Waals surface area contributed by atoms with E-state index in [9.17, 15) is 28.8 Å². The average molecular weight is 682 g/mol. The van der Waals surface area contributed by atoms with Gasteiger partial charge in [0, 0.05) is 32.2 Å². The van der Waals surface area contributed by atoms with Crippen LogP contribution in [0.2, 0.25) is 0 Å². The van der Waals surface area contributed by atoms with E-state index in [1.54, 1.807) is 26.0 Å². The van der Waals surface area contributed by atoms with Crippen molar-refractivity contribution in [1.82, 2.24) is 0 Å². The fourth-order valence-corrected chi connectivity index (χ4v) is 3.73. The summed E-state index contributed by atoms with van der Waals surface area (Å²) in [5.74, 6) is -4.30. The van der Waals surface area contributed by atoms with Crippen molar-refractivity contribution in [1.29, 1.82) is 0 Å². The molecule has 2 rings (SSSR count). The van der Waals surface area contributed by atoms with Gasteiger partial charge in [-0.2, -0.15) is 0 Å². The number of halogens is 2. The summed E-state index contributed by atoms with van der Waals surface area (Å²) in [7, 11) is 0. The lowest BCUT2D eigenvalue weighted by Crippen LogP contribution is -2.26. The van der Waals surface area contributed by atoms with Crippen molar-refractivity contribution >= 4 is 68.3 Å². The molecule has 2 aromatic carbocycles. The molecule has 40 heavy (non-hydrogen) atoms. The largest absolute Gasteiger partial charge is 0.462 e. The van der Waals surface area contributed by atoms with E-state index >= 15 is 0 Å². The first-order chi connectivity index (χ1) is 19.1. The van der Waals surface area contributed by atoms with Crippen LogP contribution in [0.5, 0.6) is 11.5 Å².